The van der Waals surface area contributed by atoms with Gasteiger partial charge >= 0.3 is 0 Å². The molecule has 2 heterocycles. The number of hydrogen-bond acceptors (Lipinski definition) is 5. The molecule has 2 aliphatic rings. The van der Waals surface area contributed by atoms with Gasteiger partial charge in [0.2, 0.25) is 0 Å². The van der Waals surface area contributed by atoms with Crippen molar-refractivity contribution in [2.24, 2.45) is 11.7 Å². The van der Waals surface area contributed by atoms with Crippen LogP contribution >= 0.6 is 35.0 Å². The fraction of sp³-hybridized carbons (Fsp3) is 0.429. The first-order chi connectivity index (χ1) is 13.6. The summed E-state index contributed by atoms with van der Waals surface area (Å²) >= 11 is 14.1. The lowest BCUT2D eigenvalue weighted by atomic mass is 9.96. The number of fused-ring (bicyclic) bond motifs is 1. The zero-order valence-electron chi connectivity index (χ0n) is 15.7. The maximum Gasteiger partial charge on any atom is 0.156 e. The SMILES string of the molecule is NC1Sc2ccccc2N1CC1CCN(CCOc2c(Cl)cccc2Cl)CC1. The van der Waals surface area contributed by atoms with Crippen LogP contribution in [0.1, 0.15) is 12.8 Å². The summed E-state index contributed by atoms with van der Waals surface area (Å²) < 4.78 is 5.82. The van der Waals surface area contributed by atoms with Crippen LogP contribution in [0.5, 0.6) is 5.75 Å². The average Bonchev–Trinajstić information content (AvgIpc) is 3.01. The number of halogens is 2. The highest BCUT2D eigenvalue weighted by atomic mass is 35.5. The van der Waals surface area contributed by atoms with Gasteiger partial charge in [-0.2, -0.15) is 0 Å². The molecule has 0 aliphatic carbocycles. The van der Waals surface area contributed by atoms with Crippen molar-refractivity contribution >= 4 is 40.7 Å². The normalized spacial score (nSPS) is 20.4. The lowest BCUT2D eigenvalue weighted by molar-refractivity contribution is 0.156. The Kier molecular flexibility index (Phi) is 6.59. The maximum atomic E-state index is 6.36. The zero-order valence-corrected chi connectivity index (χ0v) is 18.0. The van der Waals surface area contributed by atoms with Gasteiger partial charge in [0, 0.05) is 18.0 Å². The first-order valence-electron chi connectivity index (χ1n) is 9.69. The molecule has 1 saturated heterocycles. The summed E-state index contributed by atoms with van der Waals surface area (Å²) in [5.74, 6) is 1.26. The van der Waals surface area contributed by atoms with E-state index in [-0.39, 0.29) is 5.50 Å². The standard InChI is InChI=1S/C21H25Cl2N3OS/c22-16-4-3-5-17(23)20(16)27-13-12-25-10-8-15(9-11-25)14-26-18-6-1-2-7-19(18)28-21(26)24/h1-7,15,21H,8-14,24H2. The van der Waals surface area contributed by atoms with Crippen LogP contribution in [0.4, 0.5) is 5.69 Å². The summed E-state index contributed by atoms with van der Waals surface area (Å²) in [4.78, 5) is 6.11. The van der Waals surface area contributed by atoms with Crippen LogP contribution in [0.2, 0.25) is 10.0 Å². The lowest BCUT2D eigenvalue weighted by Gasteiger charge is -2.35. The van der Waals surface area contributed by atoms with Gasteiger partial charge in [0.1, 0.15) is 12.1 Å². The molecule has 1 fully saturated rings. The number of ether oxygens (including phenoxy) is 1. The quantitative estimate of drug-likeness (QED) is 0.692. The van der Waals surface area contributed by atoms with E-state index in [1.54, 1.807) is 23.9 Å². The Morgan fingerprint density at radius 2 is 1.75 bits per heavy atom. The first kappa shape index (κ1) is 20.2. The zero-order chi connectivity index (χ0) is 19.5. The predicted molar refractivity (Wildman–Crippen MR) is 119 cm³/mol. The molecule has 0 radical (unpaired) electrons. The fourth-order valence-corrected chi connectivity index (χ4v) is 5.45. The topological polar surface area (TPSA) is 41.7 Å². The summed E-state index contributed by atoms with van der Waals surface area (Å²) in [6.45, 7) is 4.68. The van der Waals surface area contributed by atoms with E-state index < -0.39 is 0 Å². The van der Waals surface area contributed by atoms with Gasteiger partial charge in [0.05, 0.1) is 15.7 Å². The second-order valence-electron chi connectivity index (χ2n) is 7.31. The molecule has 2 aliphatic heterocycles. The number of para-hydroxylation sites is 2. The minimum atomic E-state index is 0.0317. The van der Waals surface area contributed by atoms with Crippen molar-refractivity contribution in [3.05, 3.63) is 52.5 Å². The third-order valence-electron chi connectivity index (χ3n) is 5.46. The van der Waals surface area contributed by atoms with Crippen LogP contribution in [-0.2, 0) is 0 Å². The number of rotatable bonds is 6. The van der Waals surface area contributed by atoms with E-state index in [0.717, 1.165) is 26.2 Å². The van der Waals surface area contributed by atoms with E-state index in [2.05, 4.69) is 34.1 Å². The molecule has 2 aromatic rings. The molecule has 28 heavy (non-hydrogen) atoms. The molecule has 0 spiro atoms. The van der Waals surface area contributed by atoms with Crippen molar-refractivity contribution in [3.8, 4) is 5.75 Å². The van der Waals surface area contributed by atoms with Crippen molar-refractivity contribution in [2.45, 2.75) is 23.2 Å². The molecule has 4 nitrogen and oxygen atoms in total. The second-order valence-corrected chi connectivity index (χ2v) is 9.29. The van der Waals surface area contributed by atoms with Crippen LogP contribution in [0, 0.1) is 5.92 Å². The highest BCUT2D eigenvalue weighted by Gasteiger charge is 2.30. The number of likely N-dealkylation sites (tertiary alicyclic amines) is 1. The number of thioether (sulfide) groups is 1. The van der Waals surface area contributed by atoms with Gasteiger partial charge < -0.3 is 15.4 Å². The highest BCUT2D eigenvalue weighted by molar-refractivity contribution is 8.00. The van der Waals surface area contributed by atoms with Crippen molar-refractivity contribution in [1.82, 2.24) is 4.90 Å². The van der Waals surface area contributed by atoms with Crippen LogP contribution in [-0.4, -0.2) is 43.2 Å². The summed E-state index contributed by atoms with van der Waals surface area (Å²) in [5.41, 5.74) is 7.68. The minimum absolute atomic E-state index is 0.0317. The summed E-state index contributed by atoms with van der Waals surface area (Å²) in [5, 5.41) is 1.12. The van der Waals surface area contributed by atoms with Crippen molar-refractivity contribution in [3.63, 3.8) is 0 Å². The molecule has 0 aromatic heterocycles. The highest BCUT2D eigenvalue weighted by Crippen LogP contribution is 2.42. The smallest absolute Gasteiger partial charge is 0.156 e. The molecular formula is C21H25Cl2N3OS. The van der Waals surface area contributed by atoms with Crippen molar-refractivity contribution in [2.75, 3.05) is 37.7 Å². The van der Waals surface area contributed by atoms with E-state index in [0.29, 0.717) is 28.3 Å². The molecule has 2 N–H and O–H groups in total. The third kappa shape index (κ3) is 4.55. The van der Waals surface area contributed by atoms with Gasteiger partial charge in [-0.05, 0) is 56.1 Å². The fourth-order valence-electron chi connectivity index (χ4n) is 3.90. The molecule has 1 unspecified atom stereocenters. The van der Waals surface area contributed by atoms with Crippen LogP contribution in [0.15, 0.2) is 47.4 Å². The number of benzene rings is 2. The largest absolute Gasteiger partial charge is 0.489 e. The summed E-state index contributed by atoms with van der Waals surface area (Å²) in [6, 6.07) is 13.9. The average molecular weight is 438 g/mol. The molecular weight excluding hydrogens is 413 g/mol. The Bertz CT molecular complexity index is 794. The maximum absolute atomic E-state index is 6.36. The predicted octanol–water partition coefficient (Wildman–Crippen LogP) is 4.94. The Morgan fingerprint density at radius 1 is 1.04 bits per heavy atom. The Labute approximate surface area is 180 Å². The molecule has 150 valence electrons. The van der Waals surface area contributed by atoms with Gasteiger partial charge in [0.15, 0.2) is 5.75 Å². The monoisotopic (exact) mass is 437 g/mol. The molecule has 0 amide bonds. The molecule has 4 rings (SSSR count). The van der Waals surface area contributed by atoms with Gasteiger partial charge in [-0.15, -0.1) is 0 Å². The molecule has 7 heteroatoms. The van der Waals surface area contributed by atoms with Crippen LogP contribution < -0.4 is 15.4 Å². The number of anilines is 1. The van der Waals surface area contributed by atoms with Gasteiger partial charge in [-0.1, -0.05) is 53.2 Å². The molecule has 2 aromatic carbocycles. The first-order valence-corrected chi connectivity index (χ1v) is 11.3. The Balaban J connectivity index is 1.23. The van der Waals surface area contributed by atoms with E-state index in [1.165, 1.54) is 23.4 Å². The minimum Gasteiger partial charge on any atom is -0.489 e. The third-order valence-corrected chi connectivity index (χ3v) is 7.15. The summed E-state index contributed by atoms with van der Waals surface area (Å²) in [7, 11) is 0. The van der Waals surface area contributed by atoms with Gasteiger partial charge in [-0.25, -0.2) is 0 Å². The molecule has 0 saturated carbocycles. The number of nitrogens with zero attached hydrogens (tertiary/aromatic N) is 2. The van der Waals surface area contributed by atoms with E-state index in [1.807, 2.05) is 6.07 Å². The van der Waals surface area contributed by atoms with Crippen molar-refractivity contribution < 1.29 is 4.74 Å². The second kappa shape index (κ2) is 9.14. The van der Waals surface area contributed by atoms with Crippen molar-refractivity contribution in [1.29, 1.82) is 0 Å². The molecule has 0 bridgehead atoms. The van der Waals surface area contributed by atoms with E-state index in [4.69, 9.17) is 33.7 Å². The lowest BCUT2D eigenvalue weighted by Crippen LogP contribution is -2.43. The van der Waals surface area contributed by atoms with E-state index >= 15 is 0 Å². The summed E-state index contributed by atoms with van der Waals surface area (Å²) in [6.07, 6.45) is 2.37. The Morgan fingerprint density at radius 3 is 2.50 bits per heavy atom. The van der Waals surface area contributed by atoms with Crippen LogP contribution in [0.3, 0.4) is 0 Å². The number of piperidine rings is 1. The Hall–Kier alpha value is -1.11. The molecule has 1 atom stereocenters. The van der Waals surface area contributed by atoms with Crippen LogP contribution in [0.25, 0.3) is 0 Å². The number of hydrogen-bond donors (Lipinski definition) is 1. The van der Waals surface area contributed by atoms with Gasteiger partial charge in [-0.3, -0.25) is 4.90 Å². The number of nitrogens with two attached hydrogens (primary N) is 1. The van der Waals surface area contributed by atoms with E-state index in [9.17, 15) is 0 Å². The van der Waals surface area contributed by atoms with Gasteiger partial charge in [0.25, 0.3) is 0 Å².